The van der Waals surface area contributed by atoms with Crippen molar-refractivity contribution >= 4 is 22.7 Å². The Hall–Kier alpha value is -1.40. The van der Waals surface area contributed by atoms with Gasteiger partial charge in [-0.25, -0.2) is 9.00 Å². The second kappa shape index (κ2) is 6.79. The highest BCUT2D eigenvalue weighted by atomic mass is 32.2. The number of benzene rings is 1. The Morgan fingerprint density at radius 2 is 1.77 bits per heavy atom. The fraction of sp³-hybridized carbons (Fsp3) is 0.562. The summed E-state index contributed by atoms with van der Waals surface area (Å²) in [4.78, 5) is 12.1. The molecule has 2 aliphatic carbocycles. The van der Waals surface area contributed by atoms with Gasteiger partial charge in [-0.05, 0) is 73.7 Å². The van der Waals surface area contributed by atoms with Crippen LogP contribution in [-0.4, -0.2) is 22.5 Å². The van der Waals surface area contributed by atoms with Gasteiger partial charge in [0.15, 0.2) is 0 Å². The van der Waals surface area contributed by atoms with Crippen LogP contribution >= 0.6 is 0 Å². The molecule has 1 unspecified atom stereocenters. The molecule has 2 amide bonds. The first kappa shape index (κ1) is 15.5. The van der Waals surface area contributed by atoms with E-state index in [-0.39, 0.29) is 6.03 Å². The van der Waals surface area contributed by atoms with E-state index in [1.54, 1.807) is 0 Å². The summed E-state index contributed by atoms with van der Waals surface area (Å²) < 4.78 is 14.3. The maximum absolute atomic E-state index is 12.1. The molecule has 3 rings (SSSR count). The van der Waals surface area contributed by atoms with E-state index >= 15 is 0 Å². The van der Waals surface area contributed by atoms with Gasteiger partial charge in [-0.2, -0.15) is 0 Å². The summed E-state index contributed by atoms with van der Waals surface area (Å²) >= 11 is 0. The van der Waals surface area contributed by atoms with Gasteiger partial charge in [0.25, 0.3) is 0 Å². The Kier molecular flexibility index (Phi) is 4.78. The van der Waals surface area contributed by atoms with E-state index in [0.717, 1.165) is 44.2 Å². The largest absolute Gasteiger partial charge is 0.331 e. The number of carbonyl (C=O) groups is 1. The molecule has 1 aromatic rings. The topological polar surface area (TPSA) is 84.2 Å². The lowest BCUT2D eigenvalue weighted by atomic mass is 9.99. The van der Waals surface area contributed by atoms with E-state index in [2.05, 4.69) is 16.1 Å². The number of hydrogen-bond donors (Lipinski definition) is 3. The van der Waals surface area contributed by atoms with Crippen LogP contribution in [0.5, 0.6) is 0 Å². The SMILES string of the molecule is NCCCS(=O)NC(=O)Nc1c2c(cc3c1CCC3)CCC2. The van der Waals surface area contributed by atoms with Gasteiger partial charge >= 0.3 is 6.03 Å². The van der Waals surface area contributed by atoms with Crippen LogP contribution in [0.3, 0.4) is 0 Å². The van der Waals surface area contributed by atoms with E-state index in [4.69, 9.17) is 5.73 Å². The van der Waals surface area contributed by atoms with Gasteiger partial charge in [-0.15, -0.1) is 0 Å². The summed E-state index contributed by atoms with van der Waals surface area (Å²) in [5.74, 6) is 0.398. The van der Waals surface area contributed by atoms with Gasteiger partial charge in [-0.1, -0.05) is 6.07 Å². The predicted molar refractivity (Wildman–Crippen MR) is 89.3 cm³/mol. The Labute approximate surface area is 133 Å². The average molecular weight is 321 g/mol. The van der Waals surface area contributed by atoms with Crippen LogP contribution in [0.25, 0.3) is 0 Å². The third kappa shape index (κ3) is 3.17. The molecule has 0 aliphatic heterocycles. The smallest absolute Gasteiger partial charge is 0.330 e. The van der Waals surface area contributed by atoms with E-state index in [9.17, 15) is 9.00 Å². The minimum atomic E-state index is -1.36. The lowest BCUT2D eigenvalue weighted by Crippen LogP contribution is -2.32. The fourth-order valence-corrected chi connectivity index (χ4v) is 4.26. The lowest BCUT2D eigenvalue weighted by Gasteiger charge is -2.16. The van der Waals surface area contributed by atoms with Crippen molar-refractivity contribution in [3.63, 3.8) is 0 Å². The van der Waals surface area contributed by atoms with Gasteiger partial charge in [0, 0.05) is 11.4 Å². The highest BCUT2D eigenvalue weighted by molar-refractivity contribution is 7.83. The van der Waals surface area contributed by atoms with Crippen molar-refractivity contribution in [3.8, 4) is 0 Å². The third-order valence-electron chi connectivity index (χ3n) is 4.45. The van der Waals surface area contributed by atoms with E-state index in [1.807, 2.05) is 0 Å². The number of nitrogens with one attached hydrogen (secondary N) is 2. The zero-order chi connectivity index (χ0) is 15.5. The highest BCUT2D eigenvalue weighted by Gasteiger charge is 2.25. The van der Waals surface area contributed by atoms with Crippen LogP contribution in [0.2, 0.25) is 0 Å². The summed E-state index contributed by atoms with van der Waals surface area (Å²) in [5.41, 5.74) is 11.7. The number of carbonyl (C=O) groups excluding carboxylic acids is 1. The van der Waals surface area contributed by atoms with Gasteiger partial charge in [0.05, 0.1) is 0 Å². The van der Waals surface area contributed by atoms with Crippen molar-refractivity contribution in [2.45, 2.75) is 44.9 Å². The molecule has 22 heavy (non-hydrogen) atoms. The van der Waals surface area contributed by atoms with Crippen LogP contribution in [0.15, 0.2) is 6.07 Å². The summed E-state index contributed by atoms with van der Waals surface area (Å²) in [7, 11) is -1.36. The summed E-state index contributed by atoms with van der Waals surface area (Å²) in [6.07, 6.45) is 7.18. The number of aryl methyl sites for hydroxylation is 2. The first-order valence-corrected chi connectivity index (χ1v) is 9.33. The van der Waals surface area contributed by atoms with Crippen LogP contribution in [-0.2, 0) is 36.7 Å². The van der Waals surface area contributed by atoms with Gasteiger partial charge in [0.2, 0.25) is 0 Å². The van der Waals surface area contributed by atoms with E-state index < -0.39 is 11.0 Å². The molecule has 120 valence electrons. The molecule has 0 spiro atoms. The molecule has 0 saturated heterocycles. The van der Waals surface area contributed by atoms with Crippen LogP contribution in [0, 0.1) is 0 Å². The van der Waals surface area contributed by atoms with Crippen molar-refractivity contribution in [3.05, 3.63) is 28.3 Å². The minimum Gasteiger partial charge on any atom is -0.330 e. The van der Waals surface area contributed by atoms with E-state index in [0.29, 0.717) is 18.7 Å². The Morgan fingerprint density at radius 1 is 1.14 bits per heavy atom. The molecule has 0 bridgehead atoms. The molecule has 1 aromatic carbocycles. The maximum atomic E-state index is 12.1. The Balaban J connectivity index is 1.75. The number of fused-ring (bicyclic) bond motifs is 2. The van der Waals surface area contributed by atoms with Crippen LogP contribution in [0.1, 0.15) is 41.5 Å². The molecule has 5 nitrogen and oxygen atoms in total. The molecular formula is C16H23N3O2S. The first-order valence-electron chi connectivity index (χ1n) is 8.01. The third-order valence-corrected chi connectivity index (χ3v) is 5.52. The molecule has 0 radical (unpaired) electrons. The summed E-state index contributed by atoms with van der Waals surface area (Å²) in [6.45, 7) is 0.481. The number of rotatable bonds is 5. The molecule has 6 heteroatoms. The monoisotopic (exact) mass is 321 g/mol. The van der Waals surface area contributed by atoms with E-state index in [1.165, 1.54) is 22.3 Å². The van der Waals surface area contributed by atoms with Crippen LogP contribution in [0.4, 0.5) is 10.5 Å². The standard InChI is InChI=1S/C16H23N3O2S/c17-8-3-9-22(21)19-16(20)18-15-13-6-1-4-11(13)10-12-5-2-7-14(12)15/h10H,1-9,17H2,(H2,18,19,20). The zero-order valence-corrected chi connectivity index (χ0v) is 13.6. The molecule has 0 fully saturated rings. The zero-order valence-electron chi connectivity index (χ0n) is 12.7. The Morgan fingerprint density at radius 3 is 2.36 bits per heavy atom. The average Bonchev–Trinajstić information content (AvgIpc) is 3.13. The number of hydrogen-bond acceptors (Lipinski definition) is 3. The number of urea groups is 1. The normalized spacial score (nSPS) is 17.0. The summed E-state index contributed by atoms with van der Waals surface area (Å²) in [5, 5.41) is 2.98. The lowest BCUT2D eigenvalue weighted by molar-refractivity contribution is 0.257. The number of amides is 2. The predicted octanol–water partition coefficient (Wildman–Crippen LogP) is 1.80. The van der Waals surface area contributed by atoms with Crippen LogP contribution < -0.4 is 15.8 Å². The van der Waals surface area contributed by atoms with Crippen molar-refractivity contribution in [2.75, 3.05) is 17.6 Å². The van der Waals surface area contributed by atoms with Crippen molar-refractivity contribution in [1.29, 1.82) is 0 Å². The summed E-state index contributed by atoms with van der Waals surface area (Å²) in [6, 6.07) is 1.96. The van der Waals surface area contributed by atoms with Crippen molar-refractivity contribution in [1.82, 2.24) is 4.72 Å². The molecule has 0 aromatic heterocycles. The maximum Gasteiger partial charge on any atom is 0.331 e. The minimum absolute atomic E-state index is 0.371. The van der Waals surface area contributed by atoms with Gasteiger partial charge in [-0.3, -0.25) is 4.72 Å². The number of anilines is 1. The van der Waals surface area contributed by atoms with Gasteiger partial charge < -0.3 is 11.1 Å². The van der Waals surface area contributed by atoms with Crippen molar-refractivity contribution in [2.24, 2.45) is 5.73 Å². The first-order chi connectivity index (χ1) is 10.7. The second-order valence-electron chi connectivity index (χ2n) is 5.98. The molecule has 0 saturated carbocycles. The second-order valence-corrected chi connectivity index (χ2v) is 7.29. The molecular weight excluding hydrogens is 298 g/mol. The molecule has 2 aliphatic rings. The highest BCUT2D eigenvalue weighted by Crippen LogP contribution is 2.38. The number of nitrogens with two attached hydrogens (primary N) is 1. The fourth-order valence-electron chi connectivity index (χ4n) is 3.48. The quantitative estimate of drug-likeness (QED) is 0.773. The molecule has 4 N–H and O–H groups in total. The van der Waals surface area contributed by atoms with Gasteiger partial charge in [0.1, 0.15) is 11.0 Å². The molecule has 1 atom stereocenters. The Bertz CT molecular complexity index is 584. The van der Waals surface area contributed by atoms with Crippen molar-refractivity contribution < 1.29 is 9.00 Å². The molecule has 0 heterocycles.